The summed E-state index contributed by atoms with van der Waals surface area (Å²) in [4.78, 5) is 45.9. The second-order valence-corrected chi connectivity index (χ2v) is 14.3. The van der Waals surface area contributed by atoms with Crippen molar-refractivity contribution in [2.75, 3.05) is 19.8 Å². The van der Waals surface area contributed by atoms with Gasteiger partial charge in [0.05, 0.1) is 31.5 Å². The van der Waals surface area contributed by atoms with Gasteiger partial charge in [-0.1, -0.05) is 82.1 Å². The molecule has 0 aliphatic carbocycles. The number of carbonyl (C=O) groups excluding carboxylic acids is 1. The lowest BCUT2D eigenvalue weighted by molar-refractivity contribution is -0.194. The number of ether oxygens (including phenoxy) is 1. The summed E-state index contributed by atoms with van der Waals surface area (Å²) in [7, 11) is -0.483. The van der Waals surface area contributed by atoms with Crippen LogP contribution in [0, 0.1) is 23.2 Å². The maximum atomic E-state index is 13.3. The molecule has 1 saturated heterocycles. The average molecular weight is 894 g/mol. The van der Waals surface area contributed by atoms with Gasteiger partial charge in [0.2, 0.25) is 0 Å². The summed E-state index contributed by atoms with van der Waals surface area (Å²) in [6.07, 6.45) is 2.95. The molecule has 56 heavy (non-hydrogen) atoms. The summed E-state index contributed by atoms with van der Waals surface area (Å²) in [6, 6.07) is 21.5. The Morgan fingerprint density at radius 2 is 1.80 bits per heavy atom. The Kier molecular flexibility index (Phi) is 16.3. The van der Waals surface area contributed by atoms with E-state index in [9.17, 15) is 9.59 Å². The van der Waals surface area contributed by atoms with Gasteiger partial charge in [-0.2, -0.15) is 13.6 Å². The average Bonchev–Trinajstić information content (AvgIpc) is 3.81. The maximum Gasteiger partial charge on any atom is 0.263 e. The Labute approximate surface area is 340 Å². The quantitative estimate of drug-likeness (QED) is 0.0189. The van der Waals surface area contributed by atoms with Gasteiger partial charge in [-0.3, -0.25) is 9.59 Å². The van der Waals surface area contributed by atoms with Crippen LogP contribution >= 0.6 is 32.0 Å². The number of benzene rings is 4. The first-order chi connectivity index (χ1) is 27.2. The molecule has 4 aromatic carbocycles. The van der Waals surface area contributed by atoms with Gasteiger partial charge in [-0.15, -0.1) is 0 Å². The lowest BCUT2D eigenvalue weighted by atomic mass is 9.91. The van der Waals surface area contributed by atoms with E-state index < -0.39 is 15.3 Å². The normalized spacial score (nSPS) is 15.3. The topological polar surface area (TPSA) is 186 Å². The third kappa shape index (κ3) is 11.0. The highest BCUT2D eigenvalue weighted by molar-refractivity contribution is 14.1. The van der Waals surface area contributed by atoms with Crippen LogP contribution < -0.4 is 16.2 Å². The Hall–Kier alpha value is -4.29. The van der Waals surface area contributed by atoms with Gasteiger partial charge in [0.15, 0.2) is 49.6 Å². The highest BCUT2D eigenvalue weighted by Gasteiger charge is 2.30. The summed E-state index contributed by atoms with van der Waals surface area (Å²) in [5.41, 5.74) is 1.03. The van der Waals surface area contributed by atoms with E-state index >= 15 is 0 Å². The molecule has 0 saturated carbocycles. The van der Waals surface area contributed by atoms with Gasteiger partial charge in [0.1, 0.15) is 12.0 Å². The molecular formula is C40H45IN7O7P. The zero-order valence-electron chi connectivity index (χ0n) is 31.6. The van der Waals surface area contributed by atoms with Crippen LogP contribution in [0.5, 0.6) is 0 Å². The number of amides is 1. The first kappa shape index (κ1) is 42.8. The van der Waals surface area contributed by atoms with Crippen molar-refractivity contribution in [1.29, 1.82) is 5.26 Å². The molecule has 294 valence electrons. The number of hydrogen-bond acceptors (Lipinski definition) is 11. The van der Waals surface area contributed by atoms with Crippen LogP contribution in [0.25, 0.3) is 43.4 Å². The van der Waals surface area contributed by atoms with E-state index in [1.54, 1.807) is 27.7 Å². The van der Waals surface area contributed by atoms with Crippen LogP contribution in [0.1, 0.15) is 75.7 Å². The van der Waals surface area contributed by atoms with Crippen LogP contribution in [0.3, 0.4) is 0 Å². The van der Waals surface area contributed by atoms with Crippen molar-refractivity contribution < 1.29 is 27.1 Å². The Morgan fingerprint density at radius 1 is 1.07 bits per heavy atom. The standard InChI is InChI=1S/C31H24IN5O5.C6H15N.C3H6NO2P/c32-42-40-16-21-12-13-25(41-21)37-29-28(31(39)35-17-34-29)24(36-37)9-1-2-14-33-30(38)23-15-20-7-3-5-18-10-11-19-6-4-8-22(23)27(19)26(18)20;1-5(2)7-6(3)4;4-2-1-3-6-7-5/h3-8,10-11,15,17,21,25H,2,12-14,16H2,(H,33,38)(H,34,35,39);5-7H,1-4H3;5,7H,1,3H2. The Morgan fingerprint density at radius 3 is 2.50 bits per heavy atom. The van der Waals surface area contributed by atoms with Crippen LogP contribution in [0.4, 0.5) is 0 Å². The summed E-state index contributed by atoms with van der Waals surface area (Å²) < 4.78 is 16.7. The molecule has 3 heterocycles. The highest BCUT2D eigenvalue weighted by atomic mass is 127. The SMILES string of the molecule is CC(C)NC(C)C.N#CCCOPO.O=C(NCCC#Cc1nn(C2CCC(COOI)O2)c2nc[nH]c(=O)c12)c1cc2cccc3ccc4cccc1c4c32. The number of hydrogen-bond donors (Lipinski definition) is 4. The minimum atomic E-state index is -0.483. The van der Waals surface area contributed by atoms with Gasteiger partial charge in [-0.05, 0) is 57.1 Å². The second-order valence-electron chi connectivity index (χ2n) is 13.5. The third-order valence-electron chi connectivity index (χ3n) is 8.69. The minimum Gasteiger partial charge on any atom is -0.352 e. The van der Waals surface area contributed by atoms with E-state index in [1.165, 1.54) is 11.7 Å². The molecule has 2 aromatic heterocycles. The number of halogens is 1. The smallest absolute Gasteiger partial charge is 0.263 e. The molecule has 0 spiro atoms. The number of nitriles is 1. The molecular weight excluding hydrogens is 848 g/mol. The molecule has 1 fully saturated rings. The molecule has 14 nitrogen and oxygen atoms in total. The van der Waals surface area contributed by atoms with Crippen LogP contribution in [0.15, 0.2) is 65.7 Å². The Bertz CT molecular complexity index is 2380. The number of fused-ring (bicyclic) bond motifs is 1. The number of aromatic nitrogens is 4. The van der Waals surface area contributed by atoms with Gasteiger partial charge in [0, 0.05) is 30.6 Å². The molecule has 4 N–H and O–H groups in total. The van der Waals surface area contributed by atoms with E-state index in [1.807, 2.05) is 36.4 Å². The van der Waals surface area contributed by atoms with Crippen molar-refractivity contribution in [3.8, 4) is 17.9 Å². The van der Waals surface area contributed by atoms with E-state index in [-0.39, 0.29) is 17.6 Å². The summed E-state index contributed by atoms with van der Waals surface area (Å²) in [6.45, 7) is 9.58. The lowest BCUT2D eigenvalue weighted by Crippen LogP contribution is -2.29. The number of carbonyl (C=O) groups is 1. The fraction of sp³-hybridized carbons (Fsp3) is 0.375. The molecule has 16 heteroatoms. The fourth-order valence-electron chi connectivity index (χ4n) is 6.60. The first-order valence-electron chi connectivity index (χ1n) is 18.3. The maximum absolute atomic E-state index is 13.3. The van der Waals surface area contributed by atoms with Gasteiger partial charge < -0.3 is 29.8 Å². The van der Waals surface area contributed by atoms with E-state index in [2.05, 4.69) is 97.2 Å². The Balaban J connectivity index is 0.000000367. The van der Waals surface area contributed by atoms with Crippen molar-refractivity contribution in [2.45, 2.75) is 77.8 Å². The molecule has 6 aromatic rings. The summed E-state index contributed by atoms with van der Waals surface area (Å²) in [5.74, 6) is 5.90. The van der Waals surface area contributed by atoms with E-state index in [0.29, 0.717) is 73.4 Å². The lowest BCUT2D eigenvalue weighted by Gasteiger charge is -2.14. The fourth-order valence-corrected chi connectivity index (χ4v) is 6.94. The first-order valence-corrected chi connectivity index (χ1v) is 20.0. The van der Waals surface area contributed by atoms with Gasteiger partial charge in [-0.25, -0.2) is 14.6 Å². The number of nitrogens with zero attached hydrogens (tertiary/aromatic N) is 4. The zero-order chi connectivity index (χ0) is 40.0. The zero-order valence-corrected chi connectivity index (χ0v) is 34.8. The number of nitrogens with one attached hydrogen (secondary N) is 3. The van der Waals surface area contributed by atoms with Gasteiger partial charge >= 0.3 is 0 Å². The molecule has 0 radical (unpaired) electrons. The number of aromatic amines is 1. The monoisotopic (exact) mass is 893 g/mol. The van der Waals surface area contributed by atoms with Gasteiger partial charge in [0.25, 0.3) is 11.5 Å². The van der Waals surface area contributed by atoms with E-state index in [4.69, 9.17) is 19.8 Å². The predicted octanol–water partition coefficient (Wildman–Crippen LogP) is 6.97. The largest absolute Gasteiger partial charge is 0.352 e. The number of H-pyrrole nitrogens is 1. The number of rotatable bonds is 12. The molecule has 3 atom stereocenters. The highest BCUT2D eigenvalue weighted by Crippen LogP contribution is 2.36. The summed E-state index contributed by atoms with van der Waals surface area (Å²) >= 11 is 1.66. The minimum absolute atomic E-state index is 0.156. The molecule has 1 aliphatic rings. The van der Waals surface area contributed by atoms with Crippen LogP contribution in [0.2, 0.25) is 0 Å². The predicted molar refractivity (Wildman–Crippen MR) is 226 cm³/mol. The molecule has 1 aliphatic heterocycles. The summed E-state index contributed by atoms with van der Waals surface area (Å²) in [5, 5.41) is 25.6. The molecule has 1 amide bonds. The third-order valence-corrected chi connectivity index (χ3v) is 9.28. The van der Waals surface area contributed by atoms with Crippen molar-refractivity contribution in [2.24, 2.45) is 0 Å². The van der Waals surface area contributed by atoms with Crippen molar-refractivity contribution in [3.05, 3.63) is 82.5 Å². The van der Waals surface area contributed by atoms with Crippen molar-refractivity contribution in [1.82, 2.24) is 30.4 Å². The van der Waals surface area contributed by atoms with Crippen LogP contribution in [-0.2, 0) is 17.4 Å². The molecule has 0 bridgehead atoms. The van der Waals surface area contributed by atoms with Crippen LogP contribution in [-0.4, -0.2) is 68.5 Å². The molecule has 7 rings (SSSR count). The molecule has 3 unspecified atom stereocenters. The van der Waals surface area contributed by atoms with Crippen molar-refractivity contribution >= 4 is 81.3 Å². The second kappa shape index (κ2) is 21.3. The van der Waals surface area contributed by atoms with Crippen molar-refractivity contribution in [3.63, 3.8) is 0 Å². The van der Waals surface area contributed by atoms with E-state index in [0.717, 1.165) is 33.4 Å².